The molecule has 1 aromatic carbocycles. The molecule has 28 heavy (non-hydrogen) atoms. The first-order valence-corrected chi connectivity index (χ1v) is 9.62. The number of likely N-dealkylation sites (tertiary alicyclic amines) is 1. The van der Waals surface area contributed by atoms with E-state index in [2.05, 4.69) is 15.4 Å². The second-order valence-corrected chi connectivity index (χ2v) is 7.43. The monoisotopic (exact) mass is 383 g/mol. The van der Waals surface area contributed by atoms with Crippen LogP contribution in [-0.2, 0) is 11.3 Å². The Morgan fingerprint density at radius 3 is 2.68 bits per heavy atom. The summed E-state index contributed by atoms with van der Waals surface area (Å²) in [5.41, 5.74) is 2.78. The number of hydrogen-bond donors (Lipinski definition) is 0. The van der Waals surface area contributed by atoms with Gasteiger partial charge in [0.25, 0.3) is 0 Å². The van der Waals surface area contributed by atoms with Crippen molar-refractivity contribution in [2.45, 2.75) is 25.1 Å². The zero-order valence-corrected chi connectivity index (χ0v) is 16.4. The second-order valence-electron chi connectivity index (χ2n) is 7.43. The first-order valence-electron chi connectivity index (χ1n) is 9.62. The Labute approximate surface area is 164 Å². The summed E-state index contributed by atoms with van der Waals surface area (Å²) in [5.74, 6) is 0.806. The van der Waals surface area contributed by atoms with E-state index in [1.165, 1.54) is 0 Å². The number of fused-ring (bicyclic) bond motifs is 1. The topological polar surface area (TPSA) is 39.0 Å². The molecule has 1 aliphatic heterocycles. The van der Waals surface area contributed by atoms with Gasteiger partial charge in [-0.25, -0.2) is 9.37 Å². The lowest BCUT2D eigenvalue weighted by Crippen LogP contribution is -2.44. The summed E-state index contributed by atoms with van der Waals surface area (Å²) in [7, 11) is 3.23. The molecule has 1 saturated heterocycles. The summed E-state index contributed by atoms with van der Waals surface area (Å²) in [6, 6.07) is 14.0. The van der Waals surface area contributed by atoms with Crippen LogP contribution in [0.1, 0.15) is 18.5 Å². The Bertz CT molecular complexity index is 948. The molecule has 148 valence electrons. The van der Waals surface area contributed by atoms with Crippen LogP contribution in [0.15, 0.2) is 48.7 Å². The molecule has 0 bridgehead atoms. The third kappa shape index (κ3) is 3.75. The highest BCUT2D eigenvalue weighted by Crippen LogP contribution is 2.31. The van der Waals surface area contributed by atoms with Crippen LogP contribution in [0, 0.1) is 0 Å². The van der Waals surface area contributed by atoms with Gasteiger partial charge in [0.1, 0.15) is 17.1 Å². The minimum atomic E-state index is -1.21. The van der Waals surface area contributed by atoms with Gasteiger partial charge in [-0.2, -0.15) is 0 Å². The SMILES string of the molecule is COCC1(F)CCN(Cc2c(-c3cccc(OC)c3)nc3ccccn23)CC1. The molecule has 4 rings (SSSR count). The van der Waals surface area contributed by atoms with Crippen LogP contribution in [0.2, 0.25) is 0 Å². The Hall–Kier alpha value is -2.44. The van der Waals surface area contributed by atoms with E-state index in [0.29, 0.717) is 25.9 Å². The number of ether oxygens (including phenoxy) is 2. The van der Waals surface area contributed by atoms with Crippen LogP contribution in [0.5, 0.6) is 5.75 Å². The van der Waals surface area contributed by atoms with E-state index in [4.69, 9.17) is 14.5 Å². The summed E-state index contributed by atoms with van der Waals surface area (Å²) in [6.07, 6.45) is 3.02. The van der Waals surface area contributed by atoms with E-state index in [1.54, 1.807) is 14.2 Å². The summed E-state index contributed by atoms with van der Waals surface area (Å²) in [5, 5.41) is 0. The van der Waals surface area contributed by atoms with Crippen molar-refractivity contribution in [1.29, 1.82) is 0 Å². The Morgan fingerprint density at radius 2 is 1.93 bits per heavy atom. The third-order valence-electron chi connectivity index (χ3n) is 5.50. The largest absolute Gasteiger partial charge is 0.497 e. The lowest BCUT2D eigenvalue weighted by Gasteiger charge is -2.35. The average molecular weight is 383 g/mol. The van der Waals surface area contributed by atoms with Crippen molar-refractivity contribution < 1.29 is 13.9 Å². The number of rotatable bonds is 6. The number of imidazole rings is 1. The summed E-state index contributed by atoms with van der Waals surface area (Å²) < 4.78 is 27.3. The van der Waals surface area contributed by atoms with Crippen molar-refractivity contribution in [3.8, 4) is 17.0 Å². The second kappa shape index (κ2) is 7.89. The summed E-state index contributed by atoms with van der Waals surface area (Å²) >= 11 is 0. The number of halogens is 1. The number of pyridine rings is 1. The number of aromatic nitrogens is 2. The Morgan fingerprint density at radius 1 is 1.11 bits per heavy atom. The molecule has 0 aliphatic carbocycles. The number of benzene rings is 1. The van der Waals surface area contributed by atoms with E-state index in [0.717, 1.165) is 34.9 Å². The van der Waals surface area contributed by atoms with Crippen molar-refractivity contribution in [2.75, 3.05) is 33.9 Å². The number of nitrogens with zero attached hydrogens (tertiary/aromatic N) is 3. The van der Waals surface area contributed by atoms with Gasteiger partial charge >= 0.3 is 0 Å². The average Bonchev–Trinajstić information content (AvgIpc) is 3.08. The van der Waals surface area contributed by atoms with E-state index < -0.39 is 5.67 Å². The molecule has 1 fully saturated rings. The third-order valence-corrected chi connectivity index (χ3v) is 5.50. The molecule has 6 heteroatoms. The normalized spacial score (nSPS) is 17.1. The summed E-state index contributed by atoms with van der Waals surface area (Å²) in [6.45, 7) is 2.31. The first kappa shape index (κ1) is 18.9. The van der Waals surface area contributed by atoms with E-state index >= 15 is 0 Å². The highest BCUT2D eigenvalue weighted by molar-refractivity contribution is 5.68. The number of piperidine rings is 1. The van der Waals surface area contributed by atoms with Crippen molar-refractivity contribution in [1.82, 2.24) is 14.3 Å². The molecule has 1 aliphatic rings. The van der Waals surface area contributed by atoms with Gasteiger partial charge in [0.15, 0.2) is 0 Å². The molecule has 0 saturated carbocycles. The van der Waals surface area contributed by atoms with Crippen LogP contribution in [0.4, 0.5) is 4.39 Å². The van der Waals surface area contributed by atoms with Gasteiger partial charge in [-0.1, -0.05) is 18.2 Å². The molecule has 2 aromatic heterocycles. The first-order chi connectivity index (χ1) is 13.6. The van der Waals surface area contributed by atoms with Crippen LogP contribution in [0.3, 0.4) is 0 Å². The van der Waals surface area contributed by atoms with Crippen LogP contribution in [-0.4, -0.2) is 53.9 Å². The van der Waals surface area contributed by atoms with Gasteiger partial charge in [0.2, 0.25) is 0 Å². The zero-order chi connectivity index (χ0) is 19.6. The van der Waals surface area contributed by atoms with Gasteiger partial charge in [0, 0.05) is 38.5 Å². The highest BCUT2D eigenvalue weighted by Gasteiger charge is 2.35. The van der Waals surface area contributed by atoms with Gasteiger partial charge in [-0.05, 0) is 37.1 Å². The molecular weight excluding hydrogens is 357 g/mol. The predicted octanol–water partition coefficient (Wildman–Crippen LogP) is 3.96. The fourth-order valence-electron chi connectivity index (χ4n) is 3.93. The molecule has 3 aromatic rings. The predicted molar refractivity (Wildman–Crippen MR) is 107 cm³/mol. The van der Waals surface area contributed by atoms with Crippen molar-refractivity contribution in [3.05, 3.63) is 54.4 Å². The Balaban J connectivity index is 1.65. The van der Waals surface area contributed by atoms with Crippen LogP contribution in [0.25, 0.3) is 16.9 Å². The van der Waals surface area contributed by atoms with Crippen molar-refractivity contribution in [3.63, 3.8) is 0 Å². The molecule has 0 atom stereocenters. The maximum absolute atomic E-state index is 14.7. The van der Waals surface area contributed by atoms with Gasteiger partial charge < -0.3 is 13.9 Å². The quantitative estimate of drug-likeness (QED) is 0.646. The van der Waals surface area contributed by atoms with Gasteiger partial charge in [0.05, 0.1) is 25.1 Å². The molecule has 0 spiro atoms. The number of alkyl halides is 1. The van der Waals surface area contributed by atoms with Gasteiger partial charge in [-0.15, -0.1) is 0 Å². The van der Waals surface area contributed by atoms with Crippen LogP contribution < -0.4 is 4.74 Å². The molecular formula is C22H26FN3O2. The smallest absolute Gasteiger partial charge is 0.137 e. The zero-order valence-electron chi connectivity index (χ0n) is 16.4. The van der Waals surface area contributed by atoms with E-state index in [-0.39, 0.29) is 6.61 Å². The number of methoxy groups -OCH3 is 2. The lowest BCUT2D eigenvalue weighted by atomic mass is 9.94. The maximum atomic E-state index is 14.7. The maximum Gasteiger partial charge on any atom is 0.137 e. The van der Waals surface area contributed by atoms with E-state index in [1.807, 2.05) is 42.6 Å². The Kier molecular flexibility index (Phi) is 5.33. The molecule has 3 heterocycles. The van der Waals surface area contributed by atoms with Crippen molar-refractivity contribution in [2.24, 2.45) is 0 Å². The fraction of sp³-hybridized carbons (Fsp3) is 0.409. The highest BCUT2D eigenvalue weighted by atomic mass is 19.1. The molecule has 0 amide bonds. The molecule has 0 radical (unpaired) electrons. The minimum Gasteiger partial charge on any atom is -0.497 e. The van der Waals surface area contributed by atoms with E-state index in [9.17, 15) is 4.39 Å². The lowest BCUT2D eigenvalue weighted by molar-refractivity contribution is -0.0104. The molecule has 0 unspecified atom stereocenters. The summed E-state index contributed by atoms with van der Waals surface area (Å²) in [4.78, 5) is 7.17. The molecule has 5 nitrogen and oxygen atoms in total. The fourth-order valence-corrected chi connectivity index (χ4v) is 3.93. The standard InChI is InChI=1S/C22H26FN3O2/c1-27-16-22(23)9-12-25(13-10-22)15-19-21(17-6-5-7-18(14-17)28-2)24-20-8-3-4-11-26(19)20/h3-8,11,14H,9-10,12-13,15-16H2,1-2H3. The van der Waals surface area contributed by atoms with Crippen molar-refractivity contribution >= 4 is 5.65 Å². The minimum absolute atomic E-state index is 0.172. The number of hydrogen-bond acceptors (Lipinski definition) is 4. The molecule has 0 N–H and O–H groups in total. The van der Waals surface area contributed by atoms with Crippen LogP contribution >= 0.6 is 0 Å². The van der Waals surface area contributed by atoms with Gasteiger partial charge in [-0.3, -0.25) is 4.90 Å².